The molecule has 0 bridgehead atoms. The molecular formula is C9H17NO8. The molecule has 0 radical (unpaired) electrons. The van der Waals surface area contributed by atoms with Crippen LogP contribution >= 0.6 is 0 Å². The third-order valence-corrected chi connectivity index (χ3v) is 1.81. The zero-order chi connectivity index (χ0) is 15.0. The van der Waals surface area contributed by atoms with Gasteiger partial charge in [-0.25, -0.2) is 9.59 Å². The summed E-state index contributed by atoms with van der Waals surface area (Å²) in [6.07, 6.45) is -4.53. The van der Waals surface area contributed by atoms with Crippen LogP contribution in [0.15, 0.2) is 0 Å². The normalized spacial score (nSPS) is 15.0. The van der Waals surface area contributed by atoms with Gasteiger partial charge in [-0.05, 0) is 5.92 Å². The van der Waals surface area contributed by atoms with Gasteiger partial charge in [0.2, 0.25) is 0 Å². The van der Waals surface area contributed by atoms with E-state index in [-0.39, 0.29) is 5.92 Å². The van der Waals surface area contributed by atoms with Crippen LogP contribution in [-0.4, -0.2) is 61.7 Å². The van der Waals surface area contributed by atoms with Gasteiger partial charge in [0.15, 0.2) is 12.2 Å². The molecule has 0 aliphatic carbocycles. The Bertz CT molecular complexity index is 285. The van der Waals surface area contributed by atoms with Crippen molar-refractivity contribution >= 4 is 17.9 Å². The monoisotopic (exact) mass is 267 g/mol. The van der Waals surface area contributed by atoms with Crippen molar-refractivity contribution in [2.45, 2.75) is 32.1 Å². The lowest BCUT2D eigenvalue weighted by Gasteiger charge is -2.07. The van der Waals surface area contributed by atoms with Crippen molar-refractivity contribution in [1.82, 2.24) is 0 Å². The SMILES string of the molecule is CC(C)C(N)C(=O)O.O=C(O)C(O)C(O)C(=O)O. The van der Waals surface area contributed by atoms with E-state index in [0.717, 1.165) is 0 Å². The Morgan fingerprint density at radius 1 is 0.833 bits per heavy atom. The Morgan fingerprint density at radius 3 is 1.17 bits per heavy atom. The van der Waals surface area contributed by atoms with E-state index in [1.165, 1.54) is 0 Å². The second kappa shape index (κ2) is 8.39. The molecule has 0 aliphatic heterocycles. The average Bonchev–Trinajstić information content (AvgIpc) is 2.26. The van der Waals surface area contributed by atoms with E-state index in [1.807, 2.05) is 0 Å². The number of rotatable bonds is 5. The van der Waals surface area contributed by atoms with Gasteiger partial charge in [-0.15, -0.1) is 0 Å². The first-order chi connectivity index (χ1) is 8.02. The van der Waals surface area contributed by atoms with Gasteiger partial charge in [0.05, 0.1) is 0 Å². The highest BCUT2D eigenvalue weighted by atomic mass is 16.4. The van der Waals surface area contributed by atoms with Crippen molar-refractivity contribution in [3.63, 3.8) is 0 Å². The maximum atomic E-state index is 10.0. The summed E-state index contributed by atoms with van der Waals surface area (Å²) in [5.41, 5.74) is 5.16. The smallest absolute Gasteiger partial charge is 0.335 e. The van der Waals surface area contributed by atoms with E-state index < -0.39 is 36.2 Å². The number of aliphatic hydroxyl groups is 2. The average molecular weight is 267 g/mol. The lowest BCUT2D eigenvalue weighted by atomic mass is 10.1. The molecule has 0 aromatic carbocycles. The van der Waals surface area contributed by atoms with Crippen LogP contribution in [0, 0.1) is 5.92 Å². The molecule has 9 nitrogen and oxygen atoms in total. The third kappa shape index (κ3) is 7.54. The lowest BCUT2D eigenvalue weighted by Crippen LogP contribution is -2.39. The molecule has 18 heavy (non-hydrogen) atoms. The molecule has 0 heterocycles. The van der Waals surface area contributed by atoms with E-state index in [2.05, 4.69) is 0 Å². The molecule has 7 N–H and O–H groups in total. The van der Waals surface area contributed by atoms with E-state index in [1.54, 1.807) is 13.8 Å². The molecule has 0 fully saturated rings. The minimum Gasteiger partial charge on any atom is -0.480 e. The fourth-order valence-electron chi connectivity index (χ4n) is 0.555. The fraction of sp³-hybridized carbons (Fsp3) is 0.667. The number of aliphatic hydroxyl groups excluding tert-OH is 2. The van der Waals surface area contributed by atoms with E-state index in [9.17, 15) is 14.4 Å². The second-order valence-corrected chi connectivity index (χ2v) is 3.67. The fourth-order valence-corrected chi connectivity index (χ4v) is 0.555. The Balaban J connectivity index is 0. The molecule has 106 valence electrons. The minimum atomic E-state index is -2.27. The maximum Gasteiger partial charge on any atom is 0.335 e. The van der Waals surface area contributed by atoms with Crippen LogP contribution in [0.2, 0.25) is 0 Å². The number of aliphatic carboxylic acids is 3. The number of carboxylic acids is 3. The number of carbonyl (C=O) groups is 3. The van der Waals surface area contributed by atoms with Gasteiger partial charge in [0.1, 0.15) is 6.04 Å². The number of hydrogen-bond acceptors (Lipinski definition) is 6. The van der Waals surface area contributed by atoms with Crippen LogP contribution in [0.5, 0.6) is 0 Å². The molecule has 9 heteroatoms. The summed E-state index contributed by atoms with van der Waals surface area (Å²) in [5.74, 6) is -4.45. The number of hydrogen-bond donors (Lipinski definition) is 6. The largest absolute Gasteiger partial charge is 0.480 e. The Hall–Kier alpha value is -1.71. The molecule has 0 aliphatic rings. The first-order valence-corrected chi connectivity index (χ1v) is 4.82. The summed E-state index contributed by atoms with van der Waals surface area (Å²) < 4.78 is 0. The quantitative estimate of drug-likeness (QED) is 0.326. The first kappa shape index (κ1) is 18.6. The number of carboxylic acid groups (broad SMARTS) is 3. The highest BCUT2D eigenvalue weighted by molar-refractivity contribution is 5.83. The summed E-state index contributed by atoms with van der Waals surface area (Å²) in [5, 5.41) is 40.8. The molecule has 3 unspecified atom stereocenters. The molecule has 0 aromatic rings. The zero-order valence-electron chi connectivity index (χ0n) is 9.85. The molecule has 0 saturated carbocycles. The van der Waals surface area contributed by atoms with Crippen molar-refractivity contribution in [3.05, 3.63) is 0 Å². The van der Waals surface area contributed by atoms with Crippen LogP contribution in [0.1, 0.15) is 13.8 Å². The van der Waals surface area contributed by atoms with Gasteiger partial charge in [0, 0.05) is 0 Å². The molecule has 0 spiro atoms. The van der Waals surface area contributed by atoms with Gasteiger partial charge in [-0.3, -0.25) is 4.79 Å². The second-order valence-electron chi connectivity index (χ2n) is 3.67. The van der Waals surface area contributed by atoms with E-state index in [0.29, 0.717) is 0 Å². The summed E-state index contributed by atoms with van der Waals surface area (Å²) in [6.45, 7) is 3.55. The van der Waals surface area contributed by atoms with Gasteiger partial charge in [-0.1, -0.05) is 13.8 Å². The Morgan fingerprint density at radius 2 is 1.11 bits per heavy atom. The molecule has 0 saturated heterocycles. The summed E-state index contributed by atoms with van der Waals surface area (Å²) in [6, 6.07) is -0.713. The van der Waals surface area contributed by atoms with Gasteiger partial charge in [0.25, 0.3) is 0 Å². The Labute approximate surface area is 102 Å². The van der Waals surface area contributed by atoms with Crippen LogP contribution in [0.3, 0.4) is 0 Å². The topological polar surface area (TPSA) is 178 Å². The molecule has 3 atom stereocenters. The summed E-state index contributed by atoms with van der Waals surface area (Å²) >= 11 is 0. The highest BCUT2D eigenvalue weighted by Gasteiger charge is 2.29. The van der Waals surface area contributed by atoms with Crippen molar-refractivity contribution in [2.75, 3.05) is 0 Å². The predicted molar refractivity (Wildman–Crippen MR) is 57.7 cm³/mol. The zero-order valence-corrected chi connectivity index (χ0v) is 9.85. The third-order valence-electron chi connectivity index (χ3n) is 1.81. The summed E-state index contributed by atoms with van der Waals surface area (Å²) in [7, 11) is 0. The van der Waals surface area contributed by atoms with Gasteiger partial charge >= 0.3 is 17.9 Å². The van der Waals surface area contributed by atoms with Crippen molar-refractivity contribution < 1.29 is 39.9 Å². The van der Waals surface area contributed by atoms with Crippen molar-refractivity contribution in [3.8, 4) is 0 Å². The predicted octanol–water partition coefficient (Wildman–Crippen LogP) is -2.07. The summed E-state index contributed by atoms with van der Waals surface area (Å²) in [4.78, 5) is 29.6. The van der Waals surface area contributed by atoms with Crippen LogP contribution in [0.25, 0.3) is 0 Å². The maximum absolute atomic E-state index is 10.0. The van der Waals surface area contributed by atoms with E-state index >= 15 is 0 Å². The lowest BCUT2D eigenvalue weighted by molar-refractivity contribution is -0.165. The van der Waals surface area contributed by atoms with E-state index in [4.69, 9.17) is 31.3 Å². The van der Waals surface area contributed by atoms with Crippen LogP contribution < -0.4 is 5.73 Å². The molecular weight excluding hydrogens is 250 g/mol. The highest BCUT2D eigenvalue weighted by Crippen LogP contribution is 1.96. The van der Waals surface area contributed by atoms with Crippen LogP contribution in [0.4, 0.5) is 0 Å². The molecule has 0 rings (SSSR count). The standard InChI is InChI=1S/C5H11NO2.C4H6O6/c1-3(2)4(6)5(7)8;5-1(3(7)8)2(6)4(9)10/h3-4H,6H2,1-2H3,(H,7,8);1-2,5-6H,(H,7,8)(H,9,10). The van der Waals surface area contributed by atoms with Crippen LogP contribution in [-0.2, 0) is 14.4 Å². The molecule has 0 aromatic heterocycles. The first-order valence-electron chi connectivity index (χ1n) is 4.82. The minimum absolute atomic E-state index is 0.0208. The van der Waals surface area contributed by atoms with Gasteiger partial charge < -0.3 is 31.3 Å². The van der Waals surface area contributed by atoms with Crippen molar-refractivity contribution in [2.24, 2.45) is 11.7 Å². The van der Waals surface area contributed by atoms with Crippen molar-refractivity contribution in [1.29, 1.82) is 0 Å². The number of nitrogens with two attached hydrogens (primary N) is 1. The molecule has 0 amide bonds. The van der Waals surface area contributed by atoms with Gasteiger partial charge in [-0.2, -0.15) is 0 Å². The Kier molecular flexibility index (Phi) is 8.69.